The largest absolute Gasteiger partial charge is 0.497 e. The maximum atomic E-state index is 12.4. The molecule has 0 aliphatic carbocycles. The Morgan fingerprint density at radius 2 is 2.21 bits per heavy atom. The molecule has 0 radical (unpaired) electrons. The molecule has 2 heterocycles. The summed E-state index contributed by atoms with van der Waals surface area (Å²) in [7, 11) is 1.60. The average Bonchev–Trinajstić information content (AvgIpc) is 3.01. The lowest BCUT2D eigenvalue weighted by Crippen LogP contribution is -2.24. The molecule has 2 N–H and O–H groups in total. The highest BCUT2D eigenvalue weighted by atomic mass is 16.5. The van der Waals surface area contributed by atoms with Crippen molar-refractivity contribution in [1.82, 2.24) is 19.9 Å². The van der Waals surface area contributed by atoms with Gasteiger partial charge in [-0.25, -0.2) is 4.98 Å². The van der Waals surface area contributed by atoms with Gasteiger partial charge in [-0.15, -0.1) is 0 Å². The molecule has 2 aromatic heterocycles. The van der Waals surface area contributed by atoms with Crippen LogP contribution in [0.2, 0.25) is 0 Å². The SMILES string of the molecule is COc1ccc2[nH]c(=O)c(-c3nccn3CCNC(C)=O)cc2c1. The van der Waals surface area contributed by atoms with Gasteiger partial charge in [0.25, 0.3) is 5.56 Å². The molecule has 3 aromatic rings. The van der Waals surface area contributed by atoms with Gasteiger partial charge in [0, 0.05) is 43.3 Å². The zero-order chi connectivity index (χ0) is 17.1. The van der Waals surface area contributed by atoms with E-state index in [-0.39, 0.29) is 11.5 Å². The molecule has 1 amide bonds. The number of amides is 1. The summed E-state index contributed by atoms with van der Waals surface area (Å²) in [5, 5.41) is 3.59. The second-order valence-corrected chi connectivity index (χ2v) is 5.39. The number of hydrogen-bond donors (Lipinski definition) is 2. The molecule has 0 atom stereocenters. The number of hydrogen-bond acceptors (Lipinski definition) is 4. The van der Waals surface area contributed by atoms with Crippen LogP contribution in [0.25, 0.3) is 22.3 Å². The van der Waals surface area contributed by atoms with E-state index in [0.717, 1.165) is 16.7 Å². The maximum absolute atomic E-state index is 12.4. The van der Waals surface area contributed by atoms with Crippen LogP contribution in [-0.4, -0.2) is 34.1 Å². The highest BCUT2D eigenvalue weighted by molar-refractivity contribution is 5.83. The highest BCUT2D eigenvalue weighted by Crippen LogP contribution is 2.22. The second kappa shape index (κ2) is 6.57. The normalized spacial score (nSPS) is 10.8. The Balaban J connectivity index is 2.00. The number of carbonyl (C=O) groups is 1. The quantitative estimate of drug-likeness (QED) is 0.744. The molecule has 7 nitrogen and oxygen atoms in total. The lowest BCUT2D eigenvalue weighted by molar-refractivity contribution is -0.118. The number of methoxy groups -OCH3 is 1. The van der Waals surface area contributed by atoms with E-state index in [1.54, 1.807) is 31.6 Å². The summed E-state index contributed by atoms with van der Waals surface area (Å²) in [6, 6.07) is 7.27. The third-order valence-electron chi connectivity index (χ3n) is 3.73. The van der Waals surface area contributed by atoms with Gasteiger partial charge in [0.2, 0.25) is 5.91 Å². The van der Waals surface area contributed by atoms with E-state index in [9.17, 15) is 9.59 Å². The lowest BCUT2D eigenvalue weighted by atomic mass is 10.1. The van der Waals surface area contributed by atoms with Crippen LogP contribution in [0.3, 0.4) is 0 Å². The molecule has 1 aromatic carbocycles. The number of aromatic nitrogens is 3. The minimum Gasteiger partial charge on any atom is -0.497 e. The van der Waals surface area contributed by atoms with Crippen molar-refractivity contribution in [2.24, 2.45) is 0 Å². The van der Waals surface area contributed by atoms with Gasteiger partial charge in [0.15, 0.2) is 0 Å². The van der Waals surface area contributed by atoms with Crippen LogP contribution in [0, 0.1) is 0 Å². The van der Waals surface area contributed by atoms with Crippen LogP contribution < -0.4 is 15.6 Å². The van der Waals surface area contributed by atoms with Crippen molar-refractivity contribution in [3.63, 3.8) is 0 Å². The number of ether oxygens (including phenoxy) is 1. The van der Waals surface area contributed by atoms with Gasteiger partial charge < -0.3 is 19.6 Å². The number of carbonyl (C=O) groups excluding carboxylic acids is 1. The fraction of sp³-hybridized carbons (Fsp3) is 0.235. The summed E-state index contributed by atoms with van der Waals surface area (Å²) < 4.78 is 7.07. The summed E-state index contributed by atoms with van der Waals surface area (Å²) in [5.74, 6) is 1.19. The molecule has 3 rings (SSSR count). The number of H-pyrrole nitrogens is 1. The fourth-order valence-corrected chi connectivity index (χ4v) is 2.56. The van der Waals surface area contributed by atoms with Crippen molar-refractivity contribution in [3.8, 4) is 17.1 Å². The van der Waals surface area contributed by atoms with Crippen LogP contribution in [-0.2, 0) is 11.3 Å². The third-order valence-corrected chi connectivity index (χ3v) is 3.73. The zero-order valence-corrected chi connectivity index (χ0v) is 13.5. The first-order valence-corrected chi connectivity index (χ1v) is 7.55. The van der Waals surface area contributed by atoms with Crippen LogP contribution in [0.15, 0.2) is 41.5 Å². The summed E-state index contributed by atoms with van der Waals surface area (Å²) in [6.07, 6.45) is 3.42. The molecule has 0 saturated carbocycles. The molecule has 0 saturated heterocycles. The number of rotatable bonds is 5. The highest BCUT2D eigenvalue weighted by Gasteiger charge is 2.12. The predicted molar refractivity (Wildman–Crippen MR) is 91.0 cm³/mol. The predicted octanol–water partition coefficient (Wildman–Crippen LogP) is 1.54. The number of benzene rings is 1. The van der Waals surface area contributed by atoms with Crippen LogP contribution in [0.5, 0.6) is 5.75 Å². The van der Waals surface area contributed by atoms with E-state index in [1.807, 2.05) is 16.7 Å². The summed E-state index contributed by atoms with van der Waals surface area (Å²) in [4.78, 5) is 30.6. The van der Waals surface area contributed by atoms with Crippen LogP contribution in [0.1, 0.15) is 6.92 Å². The van der Waals surface area contributed by atoms with Crippen molar-refractivity contribution in [2.45, 2.75) is 13.5 Å². The van der Waals surface area contributed by atoms with Gasteiger partial charge >= 0.3 is 0 Å². The summed E-state index contributed by atoms with van der Waals surface area (Å²) in [5.41, 5.74) is 1.00. The molecular weight excluding hydrogens is 308 g/mol. The van der Waals surface area contributed by atoms with Crippen molar-refractivity contribution in [1.29, 1.82) is 0 Å². The average molecular weight is 326 g/mol. The molecule has 0 bridgehead atoms. The molecule has 0 fully saturated rings. The maximum Gasteiger partial charge on any atom is 0.259 e. The number of aromatic amines is 1. The standard InChI is InChI=1S/C17H18N4O3/c1-11(22)18-5-7-21-8-6-19-16(21)14-10-12-9-13(24-2)3-4-15(12)20-17(14)23/h3-4,6,8-10H,5,7H2,1-2H3,(H,18,22)(H,20,23). The van der Waals surface area contributed by atoms with Gasteiger partial charge in [0.05, 0.1) is 12.7 Å². The molecule has 0 spiro atoms. The molecule has 0 aliphatic rings. The molecule has 0 aliphatic heterocycles. The molecular formula is C17H18N4O3. The Bertz CT molecular complexity index is 942. The zero-order valence-electron chi connectivity index (χ0n) is 13.5. The Morgan fingerprint density at radius 1 is 1.38 bits per heavy atom. The number of nitrogens with zero attached hydrogens (tertiary/aromatic N) is 2. The van der Waals surface area contributed by atoms with Gasteiger partial charge in [-0.1, -0.05) is 0 Å². The van der Waals surface area contributed by atoms with Gasteiger partial charge in [-0.2, -0.15) is 0 Å². The van der Waals surface area contributed by atoms with E-state index >= 15 is 0 Å². The van der Waals surface area contributed by atoms with E-state index in [2.05, 4.69) is 15.3 Å². The number of fused-ring (bicyclic) bond motifs is 1. The fourth-order valence-electron chi connectivity index (χ4n) is 2.56. The van der Waals surface area contributed by atoms with E-state index in [1.165, 1.54) is 6.92 Å². The van der Waals surface area contributed by atoms with E-state index in [0.29, 0.717) is 24.5 Å². The second-order valence-electron chi connectivity index (χ2n) is 5.39. The summed E-state index contributed by atoms with van der Waals surface area (Å²) >= 11 is 0. The van der Waals surface area contributed by atoms with Crippen LogP contribution >= 0.6 is 0 Å². The smallest absolute Gasteiger partial charge is 0.259 e. The number of imidazole rings is 1. The van der Waals surface area contributed by atoms with Crippen molar-refractivity contribution in [2.75, 3.05) is 13.7 Å². The number of nitrogens with one attached hydrogen (secondary N) is 2. The Labute approximate surface area is 138 Å². The van der Waals surface area contributed by atoms with Crippen molar-refractivity contribution >= 4 is 16.8 Å². The first kappa shape index (κ1) is 15.8. The van der Waals surface area contributed by atoms with Crippen molar-refractivity contribution < 1.29 is 9.53 Å². The van der Waals surface area contributed by atoms with Gasteiger partial charge in [-0.05, 0) is 24.3 Å². The summed E-state index contributed by atoms with van der Waals surface area (Å²) in [6.45, 7) is 2.47. The minimum atomic E-state index is -0.209. The Kier molecular flexibility index (Phi) is 4.33. The first-order valence-electron chi connectivity index (χ1n) is 7.55. The monoisotopic (exact) mass is 326 g/mol. The lowest BCUT2D eigenvalue weighted by Gasteiger charge is -2.09. The van der Waals surface area contributed by atoms with Crippen LogP contribution in [0.4, 0.5) is 0 Å². The number of pyridine rings is 1. The van der Waals surface area contributed by atoms with Crippen molar-refractivity contribution in [3.05, 3.63) is 47.0 Å². The minimum absolute atomic E-state index is 0.0905. The molecule has 24 heavy (non-hydrogen) atoms. The first-order chi connectivity index (χ1) is 11.6. The Hall–Kier alpha value is -3.09. The Morgan fingerprint density at radius 3 is 2.96 bits per heavy atom. The third kappa shape index (κ3) is 3.15. The van der Waals surface area contributed by atoms with Gasteiger partial charge in [-0.3, -0.25) is 9.59 Å². The topological polar surface area (TPSA) is 89.0 Å². The van der Waals surface area contributed by atoms with E-state index < -0.39 is 0 Å². The molecule has 7 heteroatoms. The molecule has 124 valence electrons. The van der Waals surface area contributed by atoms with E-state index in [4.69, 9.17) is 4.74 Å². The molecule has 0 unspecified atom stereocenters. The van der Waals surface area contributed by atoms with Gasteiger partial charge in [0.1, 0.15) is 11.6 Å².